The van der Waals surface area contributed by atoms with Crippen LogP contribution in [0, 0.1) is 0 Å². The van der Waals surface area contributed by atoms with E-state index in [1.807, 2.05) is 6.08 Å². The Morgan fingerprint density at radius 1 is 0.409 bits per heavy atom. The summed E-state index contributed by atoms with van der Waals surface area (Å²) in [5, 5.41) is 23.1. The first kappa shape index (κ1) is 64.3. The van der Waals surface area contributed by atoms with Gasteiger partial charge in [0.25, 0.3) is 0 Å². The zero-order valence-electron chi connectivity index (χ0n) is 44.4. The second-order valence-electron chi connectivity index (χ2n) is 20.3. The first-order valence-electron chi connectivity index (χ1n) is 29.6. The smallest absolute Gasteiger partial charge is 0.305 e. The Hall–Kier alpha value is -1.66. The molecule has 0 saturated heterocycles. The molecule has 0 aromatic carbocycles. The van der Waals surface area contributed by atoms with Crippen LogP contribution in [0.2, 0.25) is 0 Å². The summed E-state index contributed by atoms with van der Waals surface area (Å²) in [5.74, 6) is -0.0650. The summed E-state index contributed by atoms with van der Waals surface area (Å²) < 4.78 is 5.48. The number of rotatable bonds is 55. The van der Waals surface area contributed by atoms with Gasteiger partial charge in [0.2, 0.25) is 5.91 Å². The van der Waals surface area contributed by atoms with Gasteiger partial charge in [-0.1, -0.05) is 276 Å². The van der Waals surface area contributed by atoms with Crippen molar-refractivity contribution in [2.45, 2.75) is 334 Å². The fourth-order valence-corrected chi connectivity index (χ4v) is 9.16. The quantitative estimate of drug-likeness (QED) is 0.0321. The third-order valence-corrected chi connectivity index (χ3v) is 13.7. The van der Waals surface area contributed by atoms with Crippen molar-refractivity contribution in [2.24, 2.45) is 0 Å². The van der Waals surface area contributed by atoms with Crippen LogP contribution in [0.5, 0.6) is 0 Å². The van der Waals surface area contributed by atoms with Gasteiger partial charge in [0.05, 0.1) is 25.4 Å². The molecule has 0 radical (unpaired) electrons. The molecular weight excluding hydrogens is 815 g/mol. The lowest BCUT2D eigenvalue weighted by Crippen LogP contribution is -2.45. The minimum absolute atomic E-state index is 0.00355. The Morgan fingerprint density at radius 3 is 1.08 bits per heavy atom. The molecule has 0 aromatic heterocycles. The minimum Gasteiger partial charge on any atom is -0.466 e. The zero-order valence-corrected chi connectivity index (χ0v) is 44.4. The number of ether oxygens (including phenoxy) is 1. The van der Waals surface area contributed by atoms with Gasteiger partial charge in [0.1, 0.15) is 0 Å². The number of aliphatic hydroxyl groups is 2. The Balaban J connectivity index is 3.39. The molecule has 1 amide bonds. The topological polar surface area (TPSA) is 95.9 Å². The van der Waals surface area contributed by atoms with Crippen LogP contribution in [0.4, 0.5) is 0 Å². The van der Waals surface area contributed by atoms with Gasteiger partial charge in [0, 0.05) is 12.8 Å². The number of amides is 1. The maximum absolute atomic E-state index is 12.4. The van der Waals surface area contributed by atoms with Crippen molar-refractivity contribution >= 4 is 11.9 Å². The van der Waals surface area contributed by atoms with E-state index in [2.05, 4.69) is 31.3 Å². The second kappa shape index (κ2) is 55.9. The Kier molecular flexibility index (Phi) is 54.5. The fourth-order valence-electron chi connectivity index (χ4n) is 9.16. The Labute approximate surface area is 411 Å². The van der Waals surface area contributed by atoms with Crippen LogP contribution < -0.4 is 5.32 Å². The van der Waals surface area contributed by atoms with E-state index in [9.17, 15) is 19.8 Å². The number of esters is 1. The van der Waals surface area contributed by atoms with Gasteiger partial charge < -0.3 is 20.3 Å². The maximum Gasteiger partial charge on any atom is 0.305 e. The standard InChI is InChI=1S/C60H115NO5/c1-3-5-7-9-11-13-15-17-25-30-34-38-42-46-50-54-60(65)66-55-51-47-43-39-35-31-27-24-22-20-18-19-21-23-26-29-33-37-41-45-49-53-59(64)61-57(56-62)58(63)52-48-44-40-36-32-28-16-14-12-10-8-6-4-2/h17,25,48,52,57-58,62-63H,3-16,18-24,26-47,49-51,53-56H2,1-2H3,(H,61,64)/b25-17-,52-48+. The number of nitrogens with one attached hydrogen (secondary N) is 1. The molecule has 6 heteroatoms. The number of carbonyl (C=O) groups is 2. The summed E-state index contributed by atoms with van der Waals surface area (Å²) in [6.45, 7) is 4.90. The second-order valence-corrected chi connectivity index (χ2v) is 20.3. The molecule has 2 unspecified atom stereocenters. The van der Waals surface area contributed by atoms with Gasteiger partial charge in [-0.3, -0.25) is 9.59 Å². The number of hydrogen-bond acceptors (Lipinski definition) is 5. The lowest BCUT2D eigenvalue weighted by atomic mass is 10.0. The molecule has 0 aliphatic rings. The third-order valence-electron chi connectivity index (χ3n) is 13.7. The van der Waals surface area contributed by atoms with Crippen LogP contribution in [-0.2, 0) is 14.3 Å². The predicted octanol–water partition coefficient (Wildman–Crippen LogP) is 18.2. The average molecular weight is 931 g/mol. The molecule has 0 aromatic rings. The Morgan fingerprint density at radius 2 is 0.712 bits per heavy atom. The van der Waals surface area contributed by atoms with E-state index < -0.39 is 12.1 Å². The van der Waals surface area contributed by atoms with E-state index >= 15 is 0 Å². The van der Waals surface area contributed by atoms with Gasteiger partial charge in [-0.15, -0.1) is 0 Å². The van der Waals surface area contributed by atoms with Gasteiger partial charge in [-0.25, -0.2) is 0 Å². The van der Waals surface area contributed by atoms with E-state index in [1.54, 1.807) is 6.08 Å². The van der Waals surface area contributed by atoms with Gasteiger partial charge in [-0.05, 0) is 57.8 Å². The van der Waals surface area contributed by atoms with Gasteiger partial charge in [0.15, 0.2) is 0 Å². The number of allylic oxidation sites excluding steroid dienone is 3. The summed E-state index contributed by atoms with van der Waals surface area (Å²) in [5.41, 5.74) is 0. The van der Waals surface area contributed by atoms with Crippen molar-refractivity contribution in [3.63, 3.8) is 0 Å². The summed E-state index contributed by atoms with van der Waals surface area (Å²) in [6, 6.07) is -0.627. The largest absolute Gasteiger partial charge is 0.466 e. The van der Waals surface area contributed by atoms with E-state index in [1.165, 1.54) is 250 Å². The van der Waals surface area contributed by atoms with Crippen molar-refractivity contribution in [1.29, 1.82) is 0 Å². The zero-order chi connectivity index (χ0) is 47.9. The summed E-state index contributed by atoms with van der Waals surface area (Å²) in [4.78, 5) is 24.5. The summed E-state index contributed by atoms with van der Waals surface area (Å²) in [7, 11) is 0. The molecule has 2 atom stereocenters. The van der Waals surface area contributed by atoms with Gasteiger partial charge in [-0.2, -0.15) is 0 Å². The van der Waals surface area contributed by atoms with E-state index in [4.69, 9.17) is 4.74 Å². The number of unbranched alkanes of at least 4 members (excludes halogenated alkanes) is 42. The molecule has 66 heavy (non-hydrogen) atoms. The average Bonchev–Trinajstić information content (AvgIpc) is 3.32. The molecule has 390 valence electrons. The number of carbonyl (C=O) groups excluding carboxylic acids is 2. The molecule has 0 aliphatic carbocycles. The molecule has 0 bridgehead atoms. The molecule has 0 heterocycles. The first-order chi connectivity index (χ1) is 32.5. The molecule has 3 N–H and O–H groups in total. The number of hydrogen-bond donors (Lipinski definition) is 3. The van der Waals surface area contributed by atoms with Gasteiger partial charge >= 0.3 is 5.97 Å². The molecule has 0 fully saturated rings. The van der Waals surface area contributed by atoms with Crippen LogP contribution in [0.15, 0.2) is 24.3 Å². The Bertz CT molecular complexity index is 1030. The molecular formula is C60H115NO5. The minimum atomic E-state index is -0.844. The lowest BCUT2D eigenvalue weighted by molar-refractivity contribution is -0.143. The first-order valence-corrected chi connectivity index (χ1v) is 29.6. The molecule has 0 saturated carbocycles. The predicted molar refractivity (Wildman–Crippen MR) is 287 cm³/mol. The fraction of sp³-hybridized carbons (Fsp3) is 0.900. The third kappa shape index (κ3) is 51.7. The highest BCUT2D eigenvalue weighted by atomic mass is 16.5. The van der Waals surface area contributed by atoms with Crippen molar-refractivity contribution in [1.82, 2.24) is 5.32 Å². The van der Waals surface area contributed by atoms with Crippen molar-refractivity contribution in [3.8, 4) is 0 Å². The SMILES string of the molecule is CCCCCCCC/C=C\CCCCCCCC(=O)OCCCCCCCCCCCCCCCCCCCCCCCC(=O)NC(CO)C(O)/C=C/CCCCCCCCCCCCC. The maximum atomic E-state index is 12.4. The number of aliphatic hydroxyl groups excluding tert-OH is 2. The monoisotopic (exact) mass is 930 g/mol. The van der Waals surface area contributed by atoms with Crippen LogP contribution in [0.3, 0.4) is 0 Å². The molecule has 0 spiro atoms. The van der Waals surface area contributed by atoms with Crippen LogP contribution >= 0.6 is 0 Å². The lowest BCUT2D eigenvalue weighted by Gasteiger charge is -2.20. The van der Waals surface area contributed by atoms with Crippen molar-refractivity contribution in [3.05, 3.63) is 24.3 Å². The highest BCUT2D eigenvalue weighted by Crippen LogP contribution is 2.17. The highest BCUT2D eigenvalue weighted by Gasteiger charge is 2.18. The van der Waals surface area contributed by atoms with E-state index in [0.29, 0.717) is 19.4 Å². The summed E-state index contributed by atoms with van der Waals surface area (Å²) in [6.07, 6.45) is 67.8. The van der Waals surface area contributed by atoms with Crippen molar-refractivity contribution < 1.29 is 24.5 Å². The molecule has 0 aliphatic heterocycles. The van der Waals surface area contributed by atoms with E-state index in [0.717, 1.165) is 44.9 Å². The molecule has 6 nitrogen and oxygen atoms in total. The van der Waals surface area contributed by atoms with Crippen LogP contribution in [0.25, 0.3) is 0 Å². The summed E-state index contributed by atoms with van der Waals surface area (Å²) >= 11 is 0. The van der Waals surface area contributed by atoms with Crippen LogP contribution in [0.1, 0.15) is 322 Å². The van der Waals surface area contributed by atoms with E-state index in [-0.39, 0.29) is 18.5 Å². The van der Waals surface area contributed by atoms with Crippen LogP contribution in [-0.4, -0.2) is 47.4 Å². The molecule has 0 rings (SSSR count). The normalized spacial score (nSPS) is 12.7. The highest BCUT2D eigenvalue weighted by molar-refractivity contribution is 5.76. The van der Waals surface area contributed by atoms with Crippen molar-refractivity contribution in [2.75, 3.05) is 13.2 Å².